The van der Waals surface area contributed by atoms with Crippen molar-refractivity contribution >= 4 is 5.97 Å². The van der Waals surface area contributed by atoms with E-state index in [1.54, 1.807) is 6.07 Å². The number of pyridine rings is 1. The number of rotatable bonds is 4. The van der Waals surface area contributed by atoms with E-state index in [0.717, 1.165) is 12.0 Å². The molecule has 0 saturated carbocycles. The Bertz CT molecular complexity index is 574. The smallest absolute Gasteiger partial charge is 0.335 e. The quantitative estimate of drug-likeness (QED) is 0.907. The highest BCUT2D eigenvalue weighted by Gasteiger charge is 2.06. The molecular formula is C16H17NO2. The lowest BCUT2D eigenvalue weighted by Gasteiger charge is -2.06. The molecule has 0 bridgehead atoms. The van der Waals surface area contributed by atoms with Crippen molar-refractivity contribution < 1.29 is 9.90 Å². The Morgan fingerprint density at radius 2 is 1.89 bits per heavy atom. The van der Waals surface area contributed by atoms with Crippen LogP contribution in [-0.2, 0) is 6.42 Å². The van der Waals surface area contributed by atoms with Crippen LogP contribution in [0.3, 0.4) is 0 Å². The summed E-state index contributed by atoms with van der Waals surface area (Å²) in [5.41, 5.74) is 3.18. The molecule has 1 heterocycles. The van der Waals surface area contributed by atoms with Crippen LogP contribution < -0.4 is 0 Å². The topological polar surface area (TPSA) is 50.2 Å². The first-order valence-electron chi connectivity index (χ1n) is 6.35. The number of hydrogen-bond donors (Lipinski definition) is 1. The maximum atomic E-state index is 10.9. The summed E-state index contributed by atoms with van der Waals surface area (Å²) in [5.74, 6) is -0.306. The van der Waals surface area contributed by atoms with E-state index >= 15 is 0 Å². The van der Waals surface area contributed by atoms with Gasteiger partial charge in [-0.15, -0.1) is 0 Å². The van der Waals surface area contributed by atoms with Crippen LogP contribution in [-0.4, -0.2) is 16.1 Å². The second-order valence-corrected chi connectivity index (χ2v) is 5.03. The minimum absolute atomic E-state index is 0.260. The number of benzene rings is 1. The van der Waals surface area contributed by atoms with E-state index in [1.807, 2.05) is 12.1 Å². The number of hydrogen-bond acceptors (Lipinski definition) is 2. The van der Waals surface area contributed by atoms with Crippen molar-refractivity contribution in [2.75, 3.05) is 0 Å². The van der Waals surface area contributed by atoms with Crippen molar-refractivity contribution in [2.45, 2.75) is 20.3 Å². The predicted octanol–water partition coefficient (Wildman–Crippen LogP) is 3.65. The molecule has 1 aromatic carbocycles. The lowest BCUT2D eigenvalue weighted by atomic mass is 10.0. The normalized spacial score (nSPS) is 10.7. The summed E-state index contributed by atoms with van der Waals surface area (Å²) in [6.45, 7) is 4.37. The SMILES string of the molecule is CC(C)Cc1ccc(-c2cc(C(=O)O)ccn2)cc1. The van der Waals surface area contributed by atoms with E-state index in [0.29, 0.717) is 11.6 Å². The molecule has 3 heteroatoms. The molecule has 1 N–H and O–H groups in total. The average Bonchev–Trinajstić information content (AvgIpc) is 2.39. The number of nitrogens with zero attached hydrogens (tertiary/aromatic N) is 1. The minimum atomic E-state index is -0.930. The van der Waals surface area contributed by atoms with Crippen LogP contribution in [0, 0.1) is 5.92 Å². The van der Waals surface area contributed by atoms with Gasteiger partial charge >= 0.3 is 5.97 Å². The zero-order valence-electron chi connectivity index (χ0n) is 11.1. The van der Waals surface area contributed by atoms with Gasteiger partial charge in [0.2, 0.25) is 0 Å². The van der Waals surface area contributed by atoms with E-state index < -0.39 is 5.97 Å². The van der Waals surface area contributed by atoms with E-state index in [2.05, 4.69) is 31.0 Å². The Hall–Kier alpha value is -2.16. The van der Waals surface area contributed by atoms with Crippen molar-refractivity contribution in [3.8, 4) is 11.3 Å². The summed E-state index contributed by atoms with van der Waals surface area (Å²) < 4.78 is 0. The molecule has 2 aromatic rings. The number of aromatic carboxylic acids is 1. The van der Waals surface area contributed by atoms with E-state index in [9.17, 15) is 4.79 Å². The number of carboxylic acids is 1. The summed E-state index contributed by atoms with van der Waals surface area (Å²) in [6.07, 6.45) is 2.57. The average molecular weight is 255 g/mol. The van der Waals surface area contributed by atoms with Crippen LogP contribution >= 0.6 is 0 Å². The van der Waals surface area contributed by atoms with Crippen LogP contribution in [0.25, 0.3) is 11.3 Å². The highest BCUT2D eigenvalue weighted by Crippen LogP contribution is 2.19. The molecule has 0 unspecified atom stereocenters. The van der Waals surface area contributed by atoms with Gasteiger partial charge in [0, 0.05) is 11.8 Å². The summed E-state index contributed by atoms with van der Waals surface area (Å²) in [6, 6.07) is 11.2. The summed E-state index contributed by atoms with van der Waals surface area (Å²) in [5, 5.41) is 8.97. The van der Waals surface area contributed by atoms with Crippen molar-refractivity contribution in [3.63, 3.8) is 0 Å². The van der Waals surface area contributed by atoms with Crippen LogP contribution in [0.4, 0.5) is 0 Å². The van der Waals surface area contributed by atoms with Crippen LogP contribution in [0.1, 0.15) is 29.8 Å². The number of carbonyl (C=O) groups is 1. The molecule has 1 aromatic heterocycles. The van der Waals surface area contributed by atoms with Gasteiger partial charge in [-0.1, -0.05) is 38.1 Å². The highest BCUT2D eigenvalue weighted by molar-refractivity contribution is 5.88. The van der Waals surface area contributed by atoms with Gasteiger partial charge in [0.05, 0.1) is 11.3 Å². The third-order valence-corrected chi connectivity index (χ3v) is 2.90. The zero-order valence-corrected chi connectivity index (χ0v) is 11.1. The summed E-state index contributed by atoms with van der Waals surface area (Å²) >= 11 is 0. The van der Waals surface area contributed by atoms with Gasteiger partial charge in [0.15, 0.2) is 0 Å². The van der Waals surface area contributed by atoms with Crippen LogP contribution in [0.2, 0.25) is 0 Å². The molecule has 19 heavy (non-hydrogen) atoms. The lowest BCUT2D eigenvalue weighted by Crippen LogP contribution is -1.97. The number of aromatic nitrogens is 1. The third-order valence-electron chi connectivity index (χ3n) is 2.90. The Balaban J connectivity index is 2.27. The van der Waals surface area contributed by atoms with E-state index in [1.165, 1.54) is 17.8 Å². The van der Waals surface area contributed by atoms with Gasteiger partial charge in [0.25, 0.3) is 0 Å². The number of carboxylic acid groups (broad SMARTS) is 1. The van der Waals surface area contributed by atoms with Gasteiger partial charge in [0.1, 0.15) is 0 Å². The maximum absolute atomic E-state index is 10.9. The Morgan fingerprint density at radius 3 is 2.47 bits per heavy atom. The van der Waals surface area contributed by atoms with Gasteiger partial charge in [-0.3, -0.25) is 4.98 Å². The maximum Gasteiger partial charge on any atom is 0.335 e. The molecule has 0 amide bonds. The van der Waals surface area contributed by atoms with E-state index in [-0.39, 0.29) is 5.56 Å². The molecule has 0 aliphatic rings. The van der Waals surface area contributed by atoms with Crippen LogP contribution in [0.15, 0.2) is 42.6 Å². The second kappa shape index (κ2) is 5.65. The summed E-state index contributed by atoms with van der Waals surface area (Å²) in [4.78, 5) is 15.2. The fraction of sp³-hybridized carbons (Fsp3) is 0.250. The van der Waals surface area contributed by atoms with Crippen molar-refractivity contribution in [1.82, 2.24) is 4.98 Å². The highest BCUT2D eigenvalue weighted by atomic mass is 16.4. The fourth-order valence-electron chi connectivity index (χ4n) is 2.00. The van der Waals surface area contributed by atoms with Crippen molar-refractivity contribution in [3.05, 3.63) is 53.7 Å². The third kappa shape index (κ3) is 3.41. The molecule has 0 saturated heterocycles. The molecule has 0 aliphatic heterocycles. The van der Waals surface area contributed by atoms with Gasteiger partial charge in [-0.2, -0.15) is 0 Å². The Kier molecular flexibility index (Phi) is 3.95. The fourth-order valence-corrected chi connectivity index (χ4v) is 2.00. The van der Waals surface area contributed by atoms with Gasteiger partial charge < -0.3 is 5.11 Å². The largest absolute Gasteiger partial charge is 0.478 e. The molecule has 0 fully saturated rings. The first-order valence-corrected chi connectivity index (χ1v) is 6.35. The van der Waals surface area contributed by atoms with Gasteiger partial charge in [-0.25, -0.2) is 4.79 Å². The van der Waals surface area contributed by atoms with Crippen molar-refractivity contribution in [2.24, 2.45) is 5.92 Å². The Labute approximate surface area is 112 Å². The first kappa shape index (κ1) is 13.3. The Morgan fingerprint density at radius 1 is 1.21 bits per heavy atom. The molecule has 0 aliphatic carbocycles. The zero-order chi connectivity index (χ0) is 13.8. The molecule has 0 atom stereocenters. The van der Waals surface area contributed by atoms with E-state index in [4.69, 9.17) is 5.11 Å². The minimum Gasteiger partial charge on any atom is -0.478 e. The standard InChI is InChI=1S/C16H17NO2/c1-11(2)9-12-3-5-13(6-4-12)15-10-14(16(18)19)7-8-17-15/h3-8,10-11H,9H2,1-2H3,(H,18,19). The monoisotopic (exact) mass is 255 g/mol. The second-order valence-electron chi connectivity index (χ2n) is 5.03. The molecular weight excluding hydrogens is 238 g/mol. The molecule has 0 radical (unpaired) electrons. The lowest BCUT2D eigenvalue weighted by molar-refractivity contribution is 0.0697. The molecule has 3 nitrogen and oxygen atoms in total. The molecule has 0 spiro atoms. The molecule has 2 rings (SSSR count). The molecule has 98 valence electrons. The van der Waals surface area contributed by atoms with Gasteiger partial charge in [-0.05, 0) is 30.0 Å². The predicted molar refractivity (Wildman–Crippen MR) is 75.2 cm³/mol. The van der Waals surface area contributed by atoms with Crippen molar-refractivity contribution in [1.29, 1.82) is 0 Å². The first-order chi connectivity index (χ1) is 9.06. The summed E-state index contributed by atoms with van der Waals surface area (Å²) in [7, 11) is 0. The van der Waals surface area contributed by atoms with Crippen LogP contribution in [0.5, 0.6) is 0 Å².